The summed E-state index contributed by atoms with van der Waals surface area (Å²) in [5.41, 5.74) is 5.23. The zero-order valence-corrected chi connectivity index (χ0v) is 19.8. The molecule has 1 atom stereocenters. The van der Waals surface area contributed by atoms with E-state index in [0.29, 0.717) is 12.6 Å². The van der Waals surface area contributed by atoms with E-state index >= 15 is 0 Å². The highest BCUT2D eigenvalue weighted by Crippen LogP contribution is 2.40. The summed E-state index contributed by atoms with van der Waals surface area (Å²) in [6, 6.07) is 9.73. The van der Waals surface area contributed by atoms with Crippen molar-refractivity contribution < 1.29 is 27.8 Å². The van der Waals surface area contributed by atoms with Crippen molar-refractivity contribution in [3.63, 3.8) is 0 Å². The van der Waals surface area contributed by atoms with E-state index in [4.69, 9.17) is 19.6 Å². The first kappa shape index (κ1) is 25.4. The summed E-state index contributed by atoms with van der Waals surface area (Å²) in [5.74, 6) is -1.96. The van der Waals surface area contributed by atoms with Crippen LogP contribution in [0.4, 0.5) is 19.1 Å². The predicted octanol–water partition coefficient (Wildman–Crippen LogP) is 4.31. The molecule has 1 aromatic heterocycles. The number of fused-ring (bicyclic) bond motifs is 2. The van der Waals surface area contributed by atoms with Crippen LogP contribution in [0, 0.1) is 0 Å². The van der Waals surface area contributed by atoms with Crippen LogP contribution in [-0.2, 0) is 34.5 Å². The van der Waals surface area contributed by atoms with E-state index in [1.807, 2.05) is 6.20 Å². The highest BCUT2D eigenvalue weighted by atomic mass is 19.4. The molecule has 1 unspecified atom stereocenters. The minimum absolute atomic E-state index is 0.0126. The summed E-state index contributed by atoms with van der Waals surface area (Å²) in [7, 11) is 0. The van der Waals surface area contributed by atoms with Crippen molar-refractivity contribution in [2.45, 2.75) is 69.8 Å². The Kier molecular flexibility index (Phi) is 7.61. The van der Waals surface area contributed by atoms with E-state index in [0.717, 1.165) is 45.0 Å². The molecule has 0 bridgehead atoms. The average molecular weight is 493 g/mol. The molecule has 2 fully saturated rings. The quantitative estimate of drug-likeness (QED) is 0.621. The molecular formula is C25H31F3N4O3. The lowest BCUT2D eigenvalue weighted by Gasteiger charge is -2.34. The third-order valence-electron chi connectivity index (χ3n) is 6.56. The Hall–Kier alpha value is -2.72. The van der Waals surface area contributed by atoms with E-state index < -0.39 is 12.1 Å². The number of anilines is 1. The van der Waals surface area contributed by atoms with Crippen LogP contribution in [0.3, 0.4) is 0 Å². The van der Waals surface area contributed by atoms with E-state index in [-0.39, 0.29) is 5.41 Å². The average Bonchev–Trinajstić information content (AvgIpc) is 3.55. The number of hydrogen-bond donors (Lipinski definition) is 2. The molecule has 0 radical (unpaired) electrons. The Morgan fingerprint density at radius 3 is 2.57 bits per heavy atom. The molecule has 7 nitrogen and oxygen atoms in total. The van der Waals surface area contributed by atoms with Gasteiger partial charge in [0.25, 0.3) is 0 Å². The molecule has 2 aromatic rings. The van der Waals surface area contributed by atoms with Crippen LogP contribution < -0.4 is 5.32 Å². The van der Waals surface area contributed by atoms with Gasteiger partial charge >= 0.3 is 12.1 Å². The smallest absolute Gasteiger partial charge is 0.475 e. The van der Waals surface area contributed by atoms with Gasteiger partial charge in [-0.15, -0.1) is 0 Å². The number of alkyl halides is 3. The number of nitrogens with one attached hydrogen (secondary N) is 1. The molecule has 1 aliphatic carbocycles. The van der Waals surface area contributed by atoms with Gasteiger partial charge in [-0.2, -0.15) is 13.2 Å². The third-order valence-corrected chi connectivity index (χ3v) is 6.56. The highest BCUT2D eigenvalue weighted by Gasteiger charge is 2.45. The van der Waals surface area contributed by atoms with Gasteiger partial charge in [0.15, 0.2) is 0 Å². The summed E-state index contributed by atoms with van der Waals surface area (Å²) in [5, 5.41) is 10.6. The summed E-state index contributed by atoms with van der Waals surface area (Å²) in [6.45, 7) is 6.75. The van der Waals surface area contributed by atoms with Crippen molar-refractivity contribution in [1.29, 1.82) is 0 Å². The summed E-state index contributed by atoms with van der Waals surface area (Å²) in [6.07, 6.45) is 2.83. The number of aromatic nitrogens is 2. The minimum Gasteiger partial charge on any atom is -0.475 e. The molecule has 190 valence electrons. The number of carboxylic acid groups (broad SMARTS) is 1. The fraction of sp³-hybridized carbons (Fsp3) is 0.560. The molecule has 5 rings (SSSR count). The van der Waals surface area contributed by atoms with Crippen LogP contribution in [0.15, 0.2) is 30.5 Å². The highest BCUT2D eigenvalue weighted by molar-refractivity contribution is 5.73. The Morgan fingerprint density at radius 1 is 1.26 bits per heavy atom. The number of aryl methyl sites for hydroxylation is 1. The number of carboxylic acids is 1. The van der Waals surface area contributed by atoms with Gasteiger partial charge in [-0.1, -0.05) is 37.6 Å². The monoisotopic (exact) mass is 492 g/mol. The second-order valence-corrected chi connectivity index (χ2v) is 9.59. The van der Waals surface area contributed by atoms with E-state index in [1.54, 1.807) is 0 Å². The SMILES string of the molecule is CCCc1ccc(CN2CCC3(COCc4cnc(NC5CC5)nc43)C2)cc1.O=C(O)C(F)(F)F. The summed E-state index contributed by atoms with van der Waals surface area (Å²) >= 11 is 0. The van der Waals surface area contributed by atoms with Crippen molar-refractivity contribution in [3.05, 3.63) is 52.8 Å². The van der Waals surface area contributed by atoms with Gasteiger partial charge in [-0.25, -0.2) is 14.8 Å². The Labute approximate surface area is 202 Å². The second-order valence-electron chi connectivity index (χ2n) is 9.59. The molecule has 3 aliphatic rings. The largest absolute Gasteiger partial charge is 0.490 e. The fourth-order valence-corrected chi connectivity index (χ4v) is 4.64. The number of rotatable bonds is 6. The van der Waals surface area contributed by atoms with Gasteiger partial charge in [-0.05, 0) is 43.4 Å². The maximum Gasteiger partial charge on any atom is 0.490 e. The fourth-order valence-electron chi connectivity index (χ4n) is 4.64. The molecular weight excluding hydrogens is 461 g/mol. The van der Waals surface area contributed by atoms with Crippen LogP contribution in [-0.4, -0.2) is 57.9 Å². The normalized spacial score (nSPS) is 21.8. The summed E-state index contributed by atoms with van der Waals surface area (Å²) < 4.78 is 37.7. The standard InChI is InChI=1S/C23H30N4O.C2HF3O2/c1-2-3-17-4-6-18(7-5-17)13-27-11-10-23(15-27)16-28-14-19-12-24-22(26-21(19)23)25-20-8-9-20;3-2(4,5)1(6)7/h4-7,12,20H,2-3,8-11,13-16H2,1H3,(H,24,25,26);(H,6,7). The zero-order valence-electron chi connectivity index (χ0n) is 19.8. The summed E-state index contributed by atoms with van der Waals surface area (Å²) in [4.78, 5) is 20.9. The molecule has 35 heavy (non-hydrogen) atoms. The number of benzene rings is 1. The minimum atomic E-state index is -5.08. The molecule has 0 amide bonds. The van der Waals surface area contributed by atoms with E-state index in [2.05, 4.69) is 46.4 Å². The van der Waals surface area contributed by atoms with E-state index in [9.17, 15) is 13.2 Å². The predicted molar refractivity (Wildman–Crippen MR) is 124 cm³/mol. The number of ether oxygens (including phenoxy) is 1. The Bertz CT molecular complexity index is 1030. The van der Waals surface area contributed by atoms with Gasteiger partial charge in [0, 0.05) is 30.9 Å². The maximum absolute atomic E-state index is 10.6. The number of likely N-dealkylation sites (tertiary alicyclic amines) is 1. The van der Waals surface area contributed by atoms with Crippen molar-refractivity contribution in [2.24, 2.45) is 0 Å². The molecule has 2 N–H and O–H groups in total. The van der Waals surface area contributed by atoms with Crippen LogP contribution in [0.25, 0.3) is 0 Å². The van der Waals surface area contributed by atoms with Crippen LogP contribution in [0.2, 0.25) is 0 Å². The van der Waals surface area contributed by atoms with Crippen LogP contribution in [0.1, 0.15) is 55.0 Å². The first-order valence-corrected chi connectivity index (χ1v) is 12.0. The second kappa shape index (κ2) is 10.5. The van der Waals surface area contributed by atoms with Crippen LogP contribution in [0.5, 0.6) is 0 Å². The number of aliphatic carboxylic acids is 1. The first-order valence-electron chi connectivity index (χ1n) is 12.0. The topological polar surface area (TPSA) is 87.6 Å². The van der Waals surface area contributed by atoms with Crippen molar-refractivity contribution in [1.82, 2.24) is 14.9 Å². The third kappa shape index (κ3) is 6.49. The molecule has 2 aliphatic heterocycles. The molecule has 1 spiro atoms. The molecule has 3 heterocycles. The zero-order chi connectivity index (χ0) is 25.1. The lowest BCUT2D eigenvalue weighted by molar-refractivity contribution is -0.192. The van der Waals surface area contributed by atoms with Crippen molar-refractivity contribution in [3.8, 4) is 0 Å². The van der Waals surface area contributed by atoms with Crippen molar-refractivity contribution in [2.75, 3.05) is 25.0 Å². The van der Waals surface area contributed by atoms with Gasteiger partial charge in [0.05, 0.1) is 24.3 Å². The maximum atomic E-state index is 10.6. The number of carbonyl (C=O) groups is 1. The lowest BCUT2D eigenvalue weighted by atomic mass is 9.80. The molecule has 1 saturated carbocycles. The van der Waals surface area contributed by atoms with E-state index in [1.165, 1.54) is 41.6 Å². The number of halogens is 3. The Morgan fingerprint density at radius 2 is 1.94 bits per heavy atom. The van der Waals surface area contributed by atoms with Gasteiger partial charge < -0.3 is 15.2 Å². The van der Waals surface area contributed by atoms with Crippen LogP contribution >= 0.6 is 0 Å². The first-order chi connectivity index (χ1) is 16.7. The number of nitrogens with zero attached hydrogens (tertiary/aromatic N) is 3. The van der Waals surface area contributed by atoms with Gasteiger partial charge in [-0.3, -0.25) is 4.90 Å². The van der Waals surface area contributed by atoms with Crippen molar-refractivity contribution >= 4 is 11.9 Å². The molecule has 10 heteroatoms. The molecule has 1 saturated heterocycles. The Balaban J connectivity index is 0.000000364. The van der Waals surface area contributed by atoms with Gasteiger partial charge in [0.1, 0.15) is 0 Å². The lowest BCUT2D eigenvalue weighted by Crippen LogP contribution is -2.40. The molecule has 1 aromatic carbocycles. The van der Waals surface area contributed by atoms with Gasteiger partial charge in [0.2, 0.25) is 5.95 Å². The number of hydrogen-bond acceptors (Lipinski definition) is 6.